The molecule has 3 aromatic rings. The summed E-state index contributed by atoms with van der Waals surface area (Å²) in [5.41, 5.74) is 2.28. The van der Waals surface area contributed by atoms with Gasteiger partial charge in [-0.15, -0.1) is 22.7 Å². The summed E-state index contributed by atoms with van der Waals surface area (Å²) in [5, 5.41) is 14.7. The topological polar surface area (TPSA) is 41.9 Å². The summed E-state index contributed by atoms with van der Waals surface area (Å²) in [6.07, 6.45) is 1.06. The summed E-state index contributed by atoms with van der Waals surface area (Å²) in [7, 11) is 0. The molecule has 25 heavy (non-hydrogen) atoms. The third kappa shape index (κ3) is 2.61. The number of hydrogen-bond donors (Lipinski definition) is 1. The first-order valence-corrected chi connectivity index (χ1v) is 10.0. The second-order valence-corrected chi connectivity index (χ2v) is 8.25. The first-order chi connectivity index (χ1) is 12.3. The maximum absolute atomic E-state index is 10.4. The van der Waals surface area contributed by atoms with Crippen LogP contribution in [0.5, 0.6) is 17.2 Å². The third-order valence-corrected chi connectivity index (χ3v) is 6.75. The van der Waals surface area contributed by atoms with Gasteiger partial charge in [0.2, 0.25) is 6.79 Å². The number of rotatable bonds is 3. The SMILES string of the molecule is Oc1cc2c(cc1CN1CCc3sccc3C1c1cccs1)OCO2. The molecule has 0 spiro atoms. The number of hydrogen-bond acceptors (Lipinski definition) is 6. The number of phenols is 1. The van der Waals surface area contributed by atoms with E-state index in [2.05, 4.69) is 33.9 Å². The Morgan fingerprint density at radius 1 is 1.12 bits per heavy atom. The molecule has 0 saturated heterocycles. The van der Waals surface area contributed by atoms with Crippen LogP contribution in [0.3, 0.4) is 0 Å². The van der Waals surface area contributed by atoms with E-state index in [4.69, 9.17) is 9.47 Å². The molecule has 0 aliphatic carbocycles. The Bertz CT molecular complexity index is 904. The van der Waals surface area contributed by atoms with Crippen LogP contribution < -0.4 is 9.47 Å². The number of phenolic OH excluding ortho intramolecular Hbond substituents is 1. The van der Waals surface area contributed by atoms with Gasteiger partial charge in [0.1, 0.15) is 5.75 Å². The lowest BCUT2D eigenvalue weighted by Crippen LogP contribution is -2.34. The summed E-state index contributed by atoms with van der Waals surface area (Å²) in [4.78, 5) is 5.27. The van der Waals surface area contributed by atoms with E-state index in [1.165, 1.54) is 15.3 Å². The van der Waals surface area contributed by atoms with Gasteiger partial charge in [0.05, 0.1) is 6.04 Å². The summed E-state index contributed by atoms with van der Waals surface area (Å²) in [5.74, 6) is 1.61. The van der Waals surface area contributed by atoms with Gasteiger partial charge < -0.3 is 14.6 Å². The van der Waals surface area contributed by atoms with Crippen LogP contribution in [0, 0.1) is 0 Å². The number of nitrogens with zero attached hydrogens (tertiary/aromatic N) is 1. The van der Waals surface area contributed by atoms with Crippen molar-refractivity contribution in [3.8, 4) is 17.2 Å². The van der Waals surface area contributed by atoms with Crippen molar-refractivity contribution in [3.05, 3.63) is 62.0 Å². The minimum absolute atomic E-state index is 0.220. The van der Waals surface area contributed by atoms with Crippen LogP contribution in [0.25, 0.3) is 0 Å². The van der Waals surface area contributed by atoms with Crippen molar-refractivity contribution in [2.75, 3.05) is 13.3 Å². The summed E-state index contributed by atoms with van der Waals surface area (Å²) in [6.45, 7) is 1.88. The van der Waals surface area contributed by atoms with Gasteiger partial charge in [0, 0.05) is 34.5 Å². The lowest BCUT2D eigenvalue weighted by atomic mass is 9.97. The predicted molar refractivity (Wildman–Crippen MR) is 98.8 cm³/mol. The molecule has 2 aliphatic heterocycles. The molecule has 0 radical (unpaired) electrons. The van der Waals surface area contributed by atoms with Gasteiger partial charge in [-0.2, -0.15) is 0 Å². The molecule has 1 N–H and O–H groups in total. The second kappa shape index (κ2) is 6.05. The van der Waals surface area contributed by atoms with E-state index >= 15 is 0 Å². The zero-order valence-electron chi connectivity index (χ0n) is 13.5. The molecular formula is C19H17NO3S2. The van der Waals surface area contributed by atoms with E-state index in [9.17, 15) is 5.11 Å². The zero-order valence-corrected chi connectivity index (χ0v) is 15.1. The fourth-order valence-electron chi connectivity index (χ4n) is 3.64. The molecule has 1 aromatic carbocycles. The van der Waals surface area contributed by atoms with Crippen molar-refractivity contribution in [1.82, 2.24) is 4.90 Å². The van der Waals surface area contributed by atoms with Gasteiger partial charge in [-0.1, -0.05) is 6.07 Å². The molecular weight excluding hydrogens is 354 g/mol. The largest absolute Gasteiger partial charge is 0.507 e. The normalized spacial score (nSPS) is 19.1. The van der Waals surface area contributed by atoms with E-state index in [0.717, 1.165) is 18.5 Å². The van der Waals surface area contributed by atoms with Gasteiger partial charge in [-0.3, -0.25) is 4.90 Å². The zero-order chi connectivity index (χ0) is 16.8. The third-order valence-electron chi connectivity index (χ3n) is 4.83. The molecule has 6 heteroatoms. The van der Waals surface area contributed by atoms with Crippen LogP contribution >= 0.6 is 22.7 Å². The standard InChI is InChI=1S/C19H17NO3S2/c21-14-9-16-15(22-11-23-16)8-12(14)10-20-5-3-17-13(4-7-25-17)19(20)18-2-1-6-24-18/h1-2,4,6-9,19,21H,3,5,10-11H2. The first-order valence-electron chi connectivity index (χ1n) is 8.25. The molecule has 0 amide bonds. The molecule has 2 aliphatic rings. The van der Waals surface area contributed by atoms with E-state index in [0.29, 0.717) is 18.0 Å². The van der Waals surface area contributed by atoms with Crippen molar-refractivity contribution in [2.24, 2.45) is 0 Å². The minimum Gasteiger partial charge on any atom is -0.507 e. The van der Waals surface area contributed by atoms with Crippen molar-refractivity contribution >= 4 is 22.7 Å². The Morgan fingerprint density at radius 3 is 2.84 bits per heavy atom. The average Bonchev–Trinajstić information content (AvgIpc) is 3.36. The summed E-state index contributed by atoms with van der Waals surface area (Å²) >= 11 is 3.64. The predicted octanol–water partition coefficient (Wildman–Crippen LogP) is 4.39. The highest BCUT2D eigenvalue weighted by Gasteiger charge is 2.31. The number of thiophene rings is 2. The maximum atomic E-state index is 10.4. The molecule has 1 atom stereocenters. The Morgan fingerprint density at radius 2 is 2.00 bits per heavy atom. The first kappa shape index (κ1) is 15.3. The van der Waals surface area contributed by atoms with Gasteiger partial charge in [0.15, 0.2) is 11.5 Å². The van der Waals surface area contributed by atoms with E-state index in [1.807, 2.05) is 17.4 Å². The molecule has 1 unspecified atom stereocenters. The molecule has 128 valence electrons. The van der Waals surface area contributed by atoms with Gasteiger partial charge in [0.25, 0.3) is 0 Å². The monoisotopic (exact) mass is 371 g/mol. The number of ether oxygens (including phenoxy) is 2. The fourth-order valence-corrected chi connectivity index (χ4v) is 5.42. The average molecular weight is 371 g/mol. The quantitative estimate of drug-likeness (QED) is 0.741. The maximum Gasteiger partial charge on any atom is 0.231 e. The summed E-state index contributed by atoms with van der Waals surface area (Å²) < 4.78 is 10.8. The Hall–Kier alpha value is -2.02. The van der Waals surface area contributed by atoms with Crippen LogP contribution in [0.2, 0.25) is 0 Å². The highest BCUT2D eigenvalue weighted by molar-refractivity contribution is 7.10. The highest BCUT2D eigenvalue weighted by Crippen LogP contribution is 2.42. The highest BCUT2D eigenvalue weighted by atomic mass is 32.1. The van der Waals surface area contributed by atoms with E-state index in [1.54, 1.807) is 17.4 Å². The van der Waals surface area contributed by atoms with Gasteiger partial charge in [-0.05, 0) is 40.9 Å². The molecule has 5 rings (SSSR count). The van der Waals surface area contributed by atoms with Crippen LogP contribution in [-0.2, 0) is 13.0 Å². The van der Waals surface area contributed by atoms with Gasteiger partial charge in [-0.25, -0.2) is 0 Å². The van der Waals surface area contributed by atoms with Crippen LogP contribution in [-0.4, -0.2) is 23.3 Å². The summed E-state index contributed by atoms with van der Waals surface area (Å²) in [6, 6.07) is 10.4. The molecule has 4 heterocycles. The Kier molecular flexibility index (Phi) is 3.69. The number of fused-ring (bicyclic) bond motifs is 2. The Labute approximate surface area is 153 Å². The molecule has 0 saturated carbocycles. The van der Waals surface area contributed by atoms with Crippen molar-refractivity contribution in [1.29, 1.82) is 0 Å². The fraction of sp³-hybridized carbons (Fsp3) is 0.263. The van der Waals surface area contributed by atoms with Crippen LogP contribution in [0.1, 0.15) is 26.9 Å². The van der Waals surface area contributed by atoms with Crippen molar-refractivity contribution in [2.45, 2.75) is 19.0 Å². The Balaban J connectivity index is 1.51. The van der Waals surface area contributed by atoms with Gasteiger partial charge >= 0.3 is 0 Å². The smallest absolute Gasteiger partial charge is 0.231 e. The van der Waals surface area contributed by atoms with Crippen LogP contribution in [0.4, 0.5) is 0 Å². The number of benzene rings is 1. The minimum atomic E-state index is 0.220. The lowest BCUT2D eigenvalue weighted by Gasteiger charge is -2.35. The molecule has 2 aromatic heterocycles. The molecule has 4 nitrogen and oxygen atoms in total. The number of aromatic hydroxyl groups is 1. The van der Waals surface area contributed by atoms with Crippen molar-refractivity contribution in [3.63, 3.8) is 0 Å². The molecule has 0 fully saturated rings. The second-order valence-electron chi connectivity index (χ2n) is 6.27. The lowest BCUT2D eigenvalue weighted by molar-refractivity contribution is 0.173. The van der Waals surface area contributed by atoms with Crippen molar-refractivity contribution < 1.29 is 14.6 Å². The van der Waals surface area contributed by atoms with Crippen LogP contribution in [0.15, 0.2) is 41.1 Å². The van der Waals surface area contributed by atoms with E-state index in [-0.39, 0.29) is 18.6 Å². The van der Waals surface area contributed by atoms with E-state index < -0.39 is 0 Å². The molecule has 0 bridgehead atoms.